The molecule has 4 nitrogen and oxygen atoms in total. The predicted octanol–water partition coefficient (Wildman–Crippen LogP) is 3.60. The first kappa shape index (κ1) is 13.4. The first-order valence-electron chi connectivity index (χ1n) is 7.21. The van der Waals surface area contributed by atoms with Crippen molar-refractivity contribution >= 4 is 6.08 Å². The van der Waals surface area contributed by atoms with Gasteiger partial charge in [0.2, 0.25) is 6.08 Å². The van der Waals surface area contributed by atoms with E-state index in [1.165, 1.54) is 32.1 Å². The van der Waals surface area contributed by atoms with Crippen LogP contribution in [0.25, 0.3) is 0 Å². The summed E-state index contributed by atoms with van der Waals surface area (Å²) >= 11 is 0. The highest BCUT2D eigenvalue weighted by Gasteiger charge is 2.27. The second kappa shape index (κ2) is 6.79. The Labute approximate surface area is 108 Å². The van der Waals surface area contributed by atoms with E-state index in [1.807, 2.05) is 0 Å². The van der Waals surface area contributed by atoms with Gasteiger partial charge in [-0.25, -0.2) is 9.79 Å². The van der Waals surface area contributed by atoms with Crippen molar-refractivity contribution in [1.82, 2.24) is 0 Å². The molecule has 0 heterocycles. The van der Waals surface area contributed by atoms with Crippen LogP contribution in [-0.4, -0.2) is 18.2 Å². The molecule has 0 amide bonds. The molecule has 0 bridgehead atoms. The third kappa shape index (κ3) is 3.74. The Morgan fingerprint density at radius 3 is 1.78 bits per heavy atom. The van der Waals surface area contributed by atoms with Gasteiger partial charge in [-0.2, -0.15) is 4.91 Å². The molecule has 4 heteroatoms. The van der Waals surface area contributed by atoms with Crippen LogP contribution in [0.2, 0.25) is 0 Å². The lowest BCUT2D eigenvalue weighted by atomic mass is 9.76. The van der Waals surface area contributed by atoms with Crippen molar-refractivity contribution in [3.05, 3.63) is 4.91 Å². The number of rotatable bonds is 4. The Morgan fingerprint density at radius 2 is 1.33 bits per heavy atom. The largest absolute Gasteiger partial charge is 0.235 e. The fraction of sp³-hybridized carbons (Fsp3) is 0.929. The molecule has 0 N–H and O–H groups in total. The Hall–Kier alpha value is -1.02. The molecule has 2 aliphatic rings. The fourth-order valence-corrected chi connectivity index (χ4v) is 3.54. The highest BCUT2D eigenvalue weighted by atomic mass is 16.3. The topological polar surface area (TPSA) is 58.9 Å². The van der Waals surface area contributed by atoms with Crippen LogP contribution in [0, 0.1) is 16.7 Å². The zero-order valence-electron chi connectivity index (χ0n) is 10.9. The van der Waals surface area contributed by atoms with Crippen molar-refractivity contribution in [2.45, 2.75) is 69.9 Å². The molecule has 0 atom stereocenters. The predicted molar refractivity (Wildman–Crippen MR) is 70.0 cm³/mol. The van der Waals surface area contributed by atoms with Gasteiger partial charge in [0.25, 0.3) is 0 Å². The van der Waals surface area contributed by atoms with Crippen LogP contribution in [0.4, 0.5) is 0 Å². The summed E-state index contributed by atoms with van der Waals surface area (Å²) in [6, 6.07) is 0.313. The number of nitroso groups, excluding NO2 is 1. The van der Waals surface area contributed by atoms with Gasteiger partial charge < -0.3 is 0 Å². The second-order valence-corrected chi connectivity index (χ2v) is 5.91. The molecule has 100 valence electrons. The minimum atomic E-state index is 0.0823. The van der Waals surface area contributed by atoms with E-state index >= 15 is 0 Å². The van der Waals surface area contributed by atoms with Gasteiger partial charge in [-0.05, 0) is 69.6 Å². The standard InChI is InChI=1S/C14H22N2O2/c17-10-15-13-5-1-11(2-6-13)9-12-3-7-14(16-18)8-4-12/h11-14H,1-9H2. The maximum atomic E-state index is 10.5. The van der Waals surface area contributed by atoms with Crippen molar-refractivity contribution in [3.8, 4) is 0 Å². The monoisotopic (exact) mass is 250 g/mol. The molecular weight excluding hydrogens is 228 g/mol. The molecule has 2 rings (SSSR count). The molecule has 0 saturated heterocycles. The Balaban J connectivity index is 1.69. The van der Waals surface area contributed by atoms with Crippen molar-refractivity contribution in [3.63, 3.8) is 0 Å². The van der Waals surface area contributed by atoms with Crippen LogP contribution in [0.15, 0.2) is 10.2 Å². The summed E-state index contributed by atoms with van der Waals surface area (Å²) in [4.78, 5) is 24.5. The Morgan fingerprint density at radius 1 is 0.833 bits per heavy atom. The van der Waals surface area contributed by atoms with Crippen LogP contribution in [0.3, 0.4) is 0 Å². The average Bonchev–Trinajstić information content (AvgIpc) is 2.42. The van der Waals surface area contributed by atoms with Crippen molar-refractivity contribution in [2.24, 2.45) is 22.0 Å². The van der Waals surface area contributed by atoms with Crippen LogP contribution in [0.1, 0.15) is 57.8 Å². The van der Waals surface area contributed by atoms with E-state index in [0.717, 1.165) is 37.5 Å². The number of hydrogen-bond acceptors (Lipinski definition) is 4. The molecule has 2 fully saturated rings. The maximum absolute atomic E-state index is 10.5. The first-order chi connectivity index (χ1) is 8.81. The molecule has 2 saturated carbocycles. The second-order valence-electron chi connectivity index (χ2n) is 5.91. The summed E-state index contributed by atoms with van der Waals surface area (Å²) in [7, 11) is 0. The van der Waals surface area contributed by atoms with Crippen molar-refractivity contribution in [1.29, 1.82) is 0 Å². The molecule has 0 spiro atoms. The minimum Gasteiger partial charge on any atom is -0.211 e. The van der Waals surface area contributed by atoms with Gasteiger partial charge in [-0.1, -0.05) is 5.18 Å². The molecule has 0 unspecified atom stereocenters. The van der Waals surface area contributed by atoms with Gasteiger partial charge in [-0.15, -0.1) is 0 Å². The lowest BCUT2D eigenvalue weighted by Crippen LogP contribution is -2.22. The average molecular weight is 250 g/mol. The fourth-order valence-electron chi connectivity index (χ4n) is 3.54. The number of carbonyl (C=O) groups excluding carboxylic acids is 1. The Bertz CT molecular complexity index is 310. The molecule has 18 heavy (non-hydrogen) atoms. The maximum Gasteiger partial charge on any atom is 0.235 e. The van der Waals surface area contributed by atoms with Crippen LogP contribution in [-0.2, 0) is 4.79 Å². The highest BCUT2D eigenvalue weighted by Crippen LogP contribution is 2.36. The van der Waals surface area contributed by atoms with Gasteiger partial charge >= 0.3 is 0 Å². The third-order valence-electron chi connectivity index (χ3n) is 4.68. The summed E-state index contributed by atoms with van der Waals surface area (Å²) in [5.41, 5.74) is 0. The molecule has 0 aromatic heterocycles. The number of isocyanates is 1. The Kier molecular flexibility index (Phi) is 5.06. The SMILES string of the molecule is O=C=NC1CCC(CC2CCC(N=O)CC2)CC1. The smallest absolute Gasteiger partial charge is 0.211 e. The lowest BCUT2D eigenvalue weighted by Gasteiger charge is -2.31. The molecule has 0 aromatic carbocycles. The van der Waals surface area contributed by atoms with E-state index in [4.69, 9.17) is 0 Å². The number of aliphatic imine (C=N–C) groups is 1. The van der Waals surface area contributed by atoms with E-state index in [0.29, 0.717) is 0 Å². The summed E-state index contributed by atoms with van der Waals surface area (Å²) in [6.45, 7) is 0. The van der Waals surface area contributed by atoms with E-state index < -0.39 is 0 Å². The van der Waals surface area contributed by atoms with Gasteiger partial charge in [0.05, 0.1) is 12.1 Å². The van der Waals surface area contributed by atoms with E-state index in [9.17, 15) is 9.70 Å². The van der Waals surface area contributed by atoms with Crippen LogP contribution >= 0.6 is 0 Å². The van der Waals surface area contributed by atoms with Gasteiger partial charge in [0.15, 0.2) is 0 Å². The van der Waals surface area contributed by atoms with Crippen molar-refractivity contribution < 1.29 is 4.79 Å². The van der Waals surface area contributed by atoms with Crippen LogP contribution in [0.5, 0.6) is 0 Å². The van der Waals surface area contributed by atoms with Crippen LogP contribution < -0.4 is 0 Å². The summed E-state index contributed by atoms with van der Waals surface area (Å²) in [5.74, 6) is 1.59. The molecular formula is C14H22N2O2. The summed E-state index contributed by atoms with van der Waals surface area (Å²) < 4.78 is 0. The van der Waals surface area contributed by atoms with E-state index in [-0.39, 0.29) is 12.1 Å². The highest BCUT2D eigenvalue weighted by molar-refractivity contribution is 5.33. The number of hydrogen-bond donors (Lipinski definition) is 0. The van der Waals surface area contributed by atoms with E-state index in [2.05, 4.69) is 10.2 Å². The lowest BCUT2D eigenvalue weighted by molar-refractivity contribution is 0.226. The summed E-state index contributed by atoms with van der Waals surface area (Å²) in [6.07, 6.45) is 11.8. The number of nitrogens with zero attached hydrogens (tertiary/aromatic N) is 2. The van der Waals surface area contributed by atoms with Crippen molar-refractivity contribution in [2.75, 3.05) is 0 Å². The van der Waals surface area contributed by atoms with Gasteiger partial charge in [0, 0.05) is 0 Å². The van der Waals surface area contributed by atoms with Gasteiger partial charge in [-0.3, -0.25) is 0 Å². The normalized spacial score (nSPS) is 36.7. The zero-order valence-corrected chi connectivity index (χ0v) is 10.9. The van der Waals surface area contributed by atoms with Gasteiger partial charge in [0.1, 0.15) is 0 Å². The molecule has 0 radical (unpaired) electrons. The van der Waals surface area contributed by atoms with E-state index in [1.54, 1.807) is 6.08 Å². The third-order valence-corrected chi connectivity index (χ3v) is 4.68. The quantitative estimate of drug-likeness (QED) is 0.435. The zero-order chi connectivity index (χ0) is 12.8. The summed E-state index contributed by atoms with van der Waals surface area (Å²) in [5, 5.41) is 3.16. The minimum absolute atomic E-state index is 0.0823. The molecule has 0 aliphatic heterocycles. The first-order valence-corrected chi connectivity index (χ1v) is 7.21. The molecule has 2 aliphatic carbocycles. The molecule has 0 aromatic rings.